The van der Waals surface area contributed by atoms with Gasteiger partial charge in [-0.15, -0.1) is 0 Å². The van der Waals surface area contributed by atoms with E-state index in [0.717, 1.165) is 45.1 Å². The largest absolute Gasteiger partial charge is 0.497 e. The molecule has 0 bridgehead atoms. The van der Waals surface area contributed by atoms with Crippen molar-refractivity contribution < 1.29 is 9.47 Å². The van der Waals surface area contributed by atoms with Crippen molar-refractivity contribution in [3.63, 3.8) is 0 Å². The van der Waals surface area contributed by atoms with Crippen LogP contribution in [0.25, 0.3) is 33.6 Å². The van der Waals surface area contributed by atoms with Crippen LogP contribution in [0.1, 0.15) is 0 Å². The molecule has 0 amide bonds. The second-order valence-corrected chi connectivity index (χ2v) is 5.99. The van der Waals surface area contributed by atoms with Gasteiger partial charge in [-0.2, -0.15) is 0 Å². The fourth-order valence-electron chi connectivity index (χ4n) is 3.17. The van der Waals surface area contributed by atoms with Gasteiger partial charge in [0, 0.05) is 23.5 Å². The maximum Gasteiger partial charge on any atom is 0.118 e. The average molecular weight is 344 g/mol. The minimum absolute atomic E-state index is 0.852. The molecule has 0 aliphatic rings. The molecule has 0 atom stereocenters. The van der Waals surface area contributed by atoms with Gasteiger partial charge in [-0.05, 0) is 47.5 Å². The van der Waals surface area contributed by atoms with E-state index < -0.39 is 0 Å². The highest BCUT2D eigenvalue weighted by Gasteiger charge is 2.15. The first kappa shape index (κ1) is 16.1. The molecule has 0 fully saturated rings. The van der Waals surface area contributed by atoms with Gasteiger partial charge in [-0.3, -0.25) is 0 Å². The molecule has 0 aliphatic heterocycles. The van der Waals surface area contributed by atoms with Gasteiger partial charge in [0.05, 0.1) is 25.6 Å². The molecule has 0 radical (unpaired) electrons. The van der Waals surface area contributed by atoms with Gasteiger partial charge in [0.1, 0.15) is 11.5 Å². The molecule has 2 heterocycles. The van der Waals surface area contributed by atoms with E-state index in [0.29, 0.717) is 0 Å². The zero-order valence-electron chi connectivity index (χ0n) is 14.7. The quantitative estimate of drug-likeness (QED) is 0.512. The number of H-pyrrole nitrogens is 2. The Morgan fingerprint density at radius 1 is 0.538 bits per heavy atom. The summed E-state index contributed by atoms with van der Waals surface area (Å²) in [6.45, 7) is 0. The molecular weight excluding hydrogens is 324 g/mol. The number of benzene rings is 2. The van der Waals surface area contributed by atoms with Gasteiger partial charge < -0.3 is 19.4 Å². The third-order valence-electron chi connectivity index (χ3n) is 4.55. The molecule has 2 aromatic heterocycles. The fourth-order valence-corrected chi connectivity index (χ4v) is 3.17. The van der Waals surface area contributed by atoms with Gasteiger partial charge in [0.15, 0.2) is 0 Å². The molecule has 4 nitrogen and oxygen atoms in total. The Hall–Kier alpha value is -3.40. The van der Waals surface area contributed by atoms with Crippen LogP contribution in [0, 0.1) is 0 Å². The second-order valence-electron chi connectivity index (χ2n) is 5.99. The van der Waals surface area contributed by atoms with Crippen LogP contribution in [-0.2, 0) is 0 Å². The molecule has 0 saturated heterocycles. The number of nitrogens with one attached hydrogen (secondary N) is 2. The summed E-state index contributed by atoms with van der Waals surface area (Å²) in [5.41, 5.74) is 6.68. The Bertz CT molecular complexity index is 912. The molecule has 2 aromatic carbocycles. The van der Waals surface area contributed by atoms with Gasteiger partial charge >= 0.3 is 0 Å². The highest BCUT2D eigenvalue weighted by Crippen LogP contribution is 2.37. The summed E-state index contributed by atoms with van der Waals surface area (Å²) in [6, 6.07) is 20.4. The van der Waals surface area contributed by atoms with E-state index in [2.05, 4.69) is 46.4 Å². The molecule has 0 unspecified atom stereocenters. The Morgan fingerprint density at radius 2 is 0.923 bits per heavy atom. The lowest BCUT2D eigenvalue weighted by molar-refractivity contribution is 0.415. The first-order valence-electron chi connectivity index (χ1n) is 8.44. The third-order valence-corrected chi connectivity index (χ3v) is 4.55. The lowest BCUT2D eigenvalue weighted by Gasteiger charge is -2.08. The zero-order valence-corrected chi connectivity index (χ0v) is 14.7. The van der Waals surface area contributed by atoms with Crippen molar-refractivity contribution in [2.24, 2.45) is 0 Å². The standard InChI is InChI=1S/C22H20N2O2/c1-25-17-7-3-15(4-8-17)19-11-13-23-21(19)22-20(12-14-24-22)16-5-9-18(26-2)10-6-16/h3-14,23-24H,1-2H3. The predicted molar refractivity (Wildman–Crippen MR) is 105 cm³/mol. The van der Waals surface area contributed by atoms with Crippen LogP contribution >= 0.6 is 0 Å². The van der Waals surface area contributed by atoms with Gasteiger partial charge in [0.2, 0.25) is 0 Å². The summed E-state index contributed by atoms with van der Waals surface area (Å²) in [7, 11) is 3.35. The Labute approximate surface area is 152 Å². The SMILES string of the molecule is COc1ccc(-c2cc[nH]c2-c2[nH]ccc2-c2ccc(OC)cc2)cc1. The fraction of sp³-hybridized carbons (Fsp3) is 0.0909. The molecule has 130 valence electrons. The predicted octanol–water partition coefficient (Wildman–Crippen LogP) is 5.36. The van der Waals surface area contributed by atoms with E-state index in [9.17, 15) is 0 Å². The highest BCUT2D eigenvalue weighted by atomic mass is 16.5. The van der Waals surface area contributed by atoms with Crippen molar-refractivity contribution in [1.82, 2.24) is 9.97 Å². The molecule has 26 heavy (non-hydrogen) atoms. The van der Waals surface area contributed by atoms with E-state index in [1.54, 1.807) is 14.2 Å². The second kappa shape index (κ2) is 6.84. The summed E-state index contributed by atoms with van der Waals surface area (Å²) in [5, 5.41) is 0. The van der Waals surface area contributed by atoms with Crippen LogP contribution in [0.15, 0.2) is 73.1 Å². The summed E-state index contributed by atoms with van der Waals surface area (Å²) in [5.74, 6) is 1.70. The van der Waals surface area contributed by atoms with Crippen molar-refractivity contribution in [3.8, 4) is 45.1 Å². The van der Waals surface area contributed by atoms with Crippen molar-refractivity contribution >= 4 is 0 Å². The summed E-state index contributed by atoms with van der Waals surface area (Å²) >= 11 is 0. The maximum absolute atomic E-state index is 5.26. The Morgan fingerprint density at radius 3 is 1.27 bits per heavy atom. The monoisotopic (exact) mass is 344 g/mol. The lowest BCUT2D eigenvalue weighted by Crippen LogP contribution is -1.87. The zero-order chi connectivity index (χ0) is 17.9. The minimum Gasteiger partial charge on any atom is -0.497 e. The molecule has 0 saturated carbocycles. The van der Waals surface area contributed by atoms with Gasteiger partial charge in [-0.25, -0.2) is 0 Å². The number of methoxy groups -OCH3 is 2. The first-order valence-corrected chi connectivity index (χ1v) is 8.44. The van der Waals surface area contributed by atoms with Gasteiger partial charge in [-0.1, -0.05) is 24.3 Å². The molecule has 0 spiro atoms. The van der Waals surface area contributed by atoms with Crippen LogP contribution < -0.4 is 9.47 Å². The van der Waals surface area contributed by atoms with Crippen molar-refractivity contribution in [3.05, 3.63) is 73.1 Å². The van der Waals surface area contributed by atoms with E-state index in [1.165, 1.54) is 0 Å². The van der Waals surface area contributed by atoms with E-state index in [-0.39, 0.29) is 0 Å². The topological polar surface area (TPSA) is 50.0 Å². The Kier molecular flexibility index (Phi) is 4.23. The van der Waals surface area contributed by atoms with E-state index in [4.69, 9.17) is 9.47 Å². The molecule has 4 heteroatoms. The number of hydrogen-bond donors (Lipinski definition) is 2. The summed E-state index contributed by atoms with van der Waals surface area (Å²) < 4.78 is 10.5. The van der Waals surface area contributed by atoms with Crippen LogP contribution in [0.3, 0.4) is 0 Å². The van der Waals surface area contributed by atoms with Crippen LogP contribution in [0.2, 0.25) is 0 Å². The average Bonchev–Trinajstić information content (AvgIpc) is 3.37. The number of hydrogen-bond acceptors (Lipinski definition) is 2. The van der Waals surface area contributed by atoms with Crippen molar-refractivity contribution in [2.75, 3.05) is 14.2 Å². The summed E-state index contributed by atoms with van der Waals surface area (Å²) in [4.78, 5) is 6.76. The smallest absolute Gasteiger partial charge is 0.118 e. The van der Waals surface area contributed by atoms with E-state index >= 15 is 0 Å². The molecule has 0 aliphatic carbocycles. The van der Waals surface area contributed by atoms with Crippen LogP contribution in [0.5, 0.6) is 11.5 Å². The first-order chi connectivity index (χ1) is 12.8. The number of aromatic nitrogens is 2. The van der Waals surface area contributed by atoms with E-state index in [1.807, 2.05) is 36.7 Å². The number of rotatable bonds is 5. The maximum atomic E-state index is 5.26. The van der Waals surface area contributed by atoms with Crippen LogP contribution in [-0.4, -0.2) is 24.2 Å². The Balaban J connectivity index is 1.75. The minimum atomic E-state index is 0.852. The molecule has 2 N–H and O–H groups in total. The normalized spacial score (nSPS) is 10.7. The molecule has 4 aromatic rings. The molecular formula is C22H20N2O2. The molecule has 4 rings (SSSR count). The lowest BCUT2D eigenvalue weighted by atomic mass is 9.99. The van der Waals surface area contributed by atoms with Crippen molar-refractivity contribution in [2.45, 2.75) is 0 Å². The van der Waals surface area contributed by atoms with Crippen molar-refractivity contribution in [1.29, 1.82) is 0 Å². The number of aromatic amines is 2. The highest BCUT2D eigenvalue weighted by molar-refractivity contribution is 5.88. The van der Waals surface area contributed by atoms with Crippen LogP contribution in [0.4, 0.5) is 0 Å². The summed E-state index contributed by atoms with van der Waals surface area (Å²) in [6.07, 6.45) is 3.93. The van der Waals surface area contributed by atoms with Gasteiger partial charge in [0.25, 0.3) is 0 Å². The number of ether oxygens (including phenoxy) is 2. The third kappa shape index (κ3) is 2.86.